The maximum Gasteiger partial charge on any atom is 0.119 e. The molecular weight excluding hydrogens is 240 g/mol. The predicted molar refractivity (Wildman–Crippen MR) is 73.2 cm³/mol. The molecule has 0 amide bonds. The lowest BCUT2D eigenvalue weighted by Crippen LogP contribution is -2.19. The molecule has 2 aromatic rings. The molecule has 0 atom stereocenters. The fourth-order valence-corrected chi connectivity index (χ4v) is 2.43. The van der Waals surface area contributed by atoms with Crippen LogP contribution in [0, 0.1) is 6.92 Å². The van der Waals surface area contributed by atoms with E-state index >= 15 is 0 Å². The van der Waals surface area contributed by atoms with Crippen molar-refractivity contribution >= 4 is 0 Å². The number of aryl methyl sites for hydroxylation is 1. The zero-order valence-electron chi connectivity index (χ0n) is 11.0. The maximum atomic E-state index is 9.77. The number of benzene rings is 1. The Bertz CT molecular complexity index is 571. The first kappa shape index (κ1) is 12.2. The Morgan fingerprint density at radius 1 is 1.26 bits per heavy atom. The fourth-order valence-electron chi connectivity index (χ4n) is 2.43. The van der Waals surface area contributed by atoms with E-state index < -0.39 is 0 Å². The highest BCUT2D eigenvalue weighted by molar-refractivity contribution is 5.64. The van der Waals surface area contributed by atoms with Crippen LogP contribution in [0.25, 0.3) is 11.1 Å². The van der Waals surface area contributed by atoms with Gasteiger partial charge in [-0.05, 0) is 37.0 Å². The number of phenols is 1. The molecular formula is C15H18N2O2. The number of phenolic OH excluding ortho intramolecular Hbond substituents is 1. The van der Waals surface area contributed by atoms with E-state index in [-0.39, 0.29) is 0 Å². The maximum absolute atomic E-state index is 9.77. The Kier molecular flexibility index (Phi) is 3.25. The number of hydrogen-bond donors (Lipinski definition) is 1. The number of aromatic hydroxyl groups is 1. The molecule has 1 aliphatic heterocycles. The SMILES string of the molecule is Cc1ccc(-c2cnn(C3CCOCC3)c2)cc1O. The van der Waals surface area contributed by atoms with Crippen molar-refractivity contribution in [3.8, 4) is 16.9 Å². The van der Waals surface area contributed by atoms with Crippen molar-refractivity contribution in [3.63, 3.8) is 0 Å². The molecule has 1 aromatic heterocycles. The minimum Gasteiger partial charge on any atom is -0.508 e. The molecule has 1 fully saturated rings. The van der Waals surface area contributed by atoms with Gasteiger partial charge in [0.1, 0.15) is 5.75 Å². The summed E-state index contributed by atoms with van der Waals surface area (Å²) in [5, 5.41) is 14.2. The summed E-state index contributed by atoms with van der Waals surface area (Å²) in [5.41, 5.74) is 2.93. The van der Waals surface area contributed by atoms with E-state index in [0.717, 1.165) is 42.7 Å². The van der Waals surface area contributed by atoms with Gasteiger partial charge in [0.25, 0.3) is 0 Å². The van der Waals surface area contributed by atoms with Crippen molar-refractivity contribution in [3.05, 3.63) is 36.2 Å². The van der Waals surface area contributed by atoms with Gasteiger partial charge in [-0.1, -0.05) is 12.1 Å². The third kappa shape index (κ3) is 2.49. The fraction of sp³-hybridized carbons (Fsp3) is 0.400. The summed E-state index contributed by atoms with van der Waals surface area (Å²) in [5.74, 6) is 0.330. The van der Waals surface area contributed by atoms with Crippen molar-refractivity contribution in [1.29, 1.82) is 0 Å². The topological polar surface area (TPSA) is 47.3 Å². The van der Waals surface area contributed by atoms with Gasteiger partial charge in [0.05, 0.1) is 12.2 Å². The van der Waals surface area contributed by atoms with E-state index in [4.69, 9.17) is 4.74 Å². The molecule has 4 nitrogen and oxygen atoms in total. The summed E-state index contributed by atoms with van der Waals surface area (Å²) in [6.45, 7) is 3.51. The summed E-state index contributed by atoms with van der Waals surface area (Å²) in [6.07, 6.45) is 5.94. The van der Waals surface area contributed by atoms with Crippen molar-refractivity contribution in [2.75, 3.05) is 13.2 Å². The van der Waals surface area contributed by atoms with Gasteiger partial charge < -0.3 is 9.84 Å². The minimum atomic E-state index is 0.330. The molecule has 4 heteroatoms. The monoisotopic (exact) mass is 258 g/mol. The molecule has 19 heavy (non-hydrogen) atoms. The highest BCUT2D eigenvalue weighted by Gasteiger charge is 2.16. The zero-order valence-corrected chi connectivity index (χ0v) is 11.0. The van der Waals surface area contributed by atoms with Crippen LogP contribution >= 0.6 is 0 Å². The van der Waals surface area contributed by atoms with Crippen molar-refractivity contribution in [1.82, 2.24) is 9.78 Å². The number of ether oxygens (including phenoxy) is 1. The van der Waals surface area contributed by atoms with Crippen LogP contribution in [0.4, 0.5) is 0 Å². The standard InChI is InChI=1S/C15H18N2O2/c1-11-2-3-12(8-15(11)18)13-9-16-17(10-13)14-4-6-19-7-5-14/h2-3,8-10,14,18H,4-7H2,1H3. The van der Waals surface area contributed by atoms with Crippen molar-refractivity contribution in [2.45, 2.75) is 25.8 Å². The zero-order chi connectivity index (χ0) is 13.2. The van der Waals surface area contributed by atoms with Crippen LogP contribution < -0.4 is 0 Å². The van der Waals surface area contributed by atoms with Gasteiger partial charge in [0.15, 0.2) is 0 Å². The highest BCUT2D eigenvalue weighted by Crippen LogP contribution is 2.27. The summed E-state index contributed by atoms with van der Waals surface area (Å²) < 4.78 is 7.39. The van der Waals surface area contributed by atoms with Crippen LogP contribution in [0.3, 0.4) is 0 Å². The first-order valence-electron chi connectivity index (χ1n) is 6.66. The van der Waals surface area contributed by atoms with E-state index in [1.165, 1.54) is 0 Å². The van der Waals surface area contributed by atoms with Crippen LogP contribution in [-0.2, 0) is 4.74 Å². The predicted octanol–water partition coefficient (Wildman–Crippen LogP) is 2.92. The van der Waals surface area contributed by atoms with E-state index in [1.54, 1.807) is 6.07 Å². The average molecular weight is 258 g/mol. The van der Waals surface area contributed by atoms with Gasteiger partial charge >= 0.3 is 0 Å². The lowest BCUT2D eigenvalue weighted by atomic mass is 10.1. The van der Waals surface area contributed by atoms with Crippen molar-refractivity contribution in [2.24, 2.45) is 0 Å². The molecule has 100 valence electrons. The Hall–Kier alpha value is -1.81. The highest BCUT2D eigenvalue weighted by atomic mass is 16.5. The first-order valence-corrected chi connectivity index (χ1v) is 6.66. The van der Waals surface area contributed by atoms with Gasteiger partial charge in [-0.25, -0.2) is 0 Å². The Labute approximate surface area is 112 Å². The van der Waals surface area contributed by atoms with Crippen LogP contribution in [0.2, 0.25) is 0 Å². The summed E-state index contributed by atoms with van der Waals surface area (Å²) in [4.78, 5) is 0. The third-order valence-corrected chi connectivity index (χ3v) is 3.71. The number of nitrogens with zero attached hydrogens (tertiary/aromatic N) is 2. The average Bonchev–Trinajstić information content (AvgIpc) is 2.93. The van der Waals surface area contributed by atoms with E-state index in [0.29, 0.717) is 11.8 Å². The first-order chi connectivity index (χ1) is 9.24. The van der Waals surface area contributed by atoms with Gasteiger partial charge in [-0.15, -0.1) is 0 Å². The van der Waals surface area contributed by atoms with Gasteiger partial charge in [0, 0.05) is 25.0 Å². The summed E-state index contributed by atoms with van der Waals surface area (Å²) in [7, 11) is 0. The van der Waals surface area contributed by atoms with Gasteiger partial charge in [-0.2, -0.15) is 5.10 Å². The van der Waals surface area contributed by atoms with Crippen LogP contribution in [0.15, 0.2) is 30.6 Å². The molecule has 0 spiro atoms. The quantitative estimate of drug-likeness (QED) is 0.901. The second-order valence-electron chi connectivity index (χ2n) is 5.05. The molecule has 0 saturated carbocycles. The Morgan fingerprint density at radius 2 is 2.05 bits per heavy atom. The van der Waals surface area contributed by atoms with Crippen LogP contribution in [-0.4, -0.2) is 28.1 Å². The van der Waals surface area contributed by atoms with E-state index in [9.17, 15) is 5.11 Å². The minimum absolute atomic E-state index is 0.330. The molecule has 0 radical (unpaired) electrons. The lowest BCUT2D eigenvalue weighted by molar-refractivity contribution is 0.0662. The third-order valence-electron chi connectivity index (χ3n) is 3.71. The smallest absolute Gasteiger partial charge is 0.119 e. The van der Waals surface area contributed by atoms with Crippen LogP contribution in [0.1, 0.15) is 24.4 Å². The second kappa shape index (κ2) is 5.05. The van der Waals surface area contributed by atoms with Gasteiger partial charge in [-0.3, -0.25) is 4.68 Å². The summed E-state index contributed by atoms with van der Waals surface area (Å²) >= 11 is 0. The largest absolute Gasteiger partial charge is 0.508 e. The van der Waals surface area contributed by atoms with Gasteiger partial charge in [0.2, 0.25) is 0 Å². The Balaban J connectivity index is 1.85. The molecule has 1 saturated heterocycles. The summed E-state index contributed by atoms with van der Waals surface area (Å²) in [6, 6.07) is 6.17. The molecule has 1 aliphatic rings. The Morgan fingerprint density at radius 3 is 2.79 bits per heavy atom. The van der Waals surface area contributed by atoms with Crippen LogP contribution in [0.5, 0.6) is 5.75 Å². The number of hydrogen-bond acceptors (Lipinski definition) is 3. The molecule has 2 heterocycles. The lowest BCUT2D eigenvalue weighted by Gasteiger charge is -2.22. The molecule has 1 N–H and O–H groups in total. The number of aromatic nitrogens is 2. The molecule has 0 bridgehead atoms. The van der Waals surface area contributed by atoms with E-state index in [1.807, 2.05) is 29.9 Å². The van der Waals surface area contributed by atoms with Crippen molar-refractivity contribution < 1.29 is 9.84 Å². The molecule has 1 aromatic carbocycles. The van der Waals surface area contributed by atoms with E-state index in [2.05, 4.69) is 11.3 Å². The normalized spacial score (nSPS) is 16.7. The number of rotatable bonds is 2. The molecule has 3 rings (SSSR count). The molecule has 0 aliphatic carbocycles. The second-order valence-corrected chi connectivity index (χ2v) is 5.05. The molecule has 0 unspecified atom stereocenters.